The molecule has 1 fully saturated rings. The van der Waals surface area contributed by atoms with Crippen LogP contribution in [0.2, 0.25) is 0 Å². The van der Waals surface area contributed by atoms with Gasteiger partial charge in [0.25, 0.3) is 5.56 Å². The van der Waals surface area contributed by atoms with Gasteiger partial charge in [-0.2, -0.15) is 0 Å². The minimum atomic E-state index is -3.52. The molecule has 0 unspecified atom stereocenters. The van der Waals surface area contributed by atoms with E-state index in [9.17, 15) is 13.2 Å². The molecular formula is C23H26N6O3S. The van der Waals surface area contributed by atoms with Crippen LogP contribution in [-0.2, 0) is 23.6 Å². The Hall–Kier alpha value is -3.08. The highest BCUT2D eigenvalue weighted by Crippen LogP contribution is 2.19. The molecular weight excluding hydrogens is 440 g/mol. The molecule has 2 aromatic carbocycles. The molecule has 1 aliphatic rings. The third-order valence-corrected chi connectivity index (χ3v) is 7.81. The summed E-state index contributed by atoms with van der Waals surface area (Å²) >= 11 is 0. The van der Waals surface area contributed by atoms with E-state index >= 15 is 0 Å². The number of hydrogen-bond acceptors (Lipinski definition) is 6. The van der Waals surface area contributed by atoms with Crippen LogP contribution in [0.15, 0.2) is 58.2 Å². The quantitative estimate of drug-likeness (QED) is 0.482. The van der Waals surface area contributed by atoms with E-state index in [1.54, 1.807) is 37.4 Å². The average Bonchev–Trinajstić information content (AvgIpc) is 3.23. The van der Waals surface area contributed by atoms with Crippen molar-refractivity contribution in [1.29, 1.82) is 0 Å². The Morgan fingerprint density at radius 2 is 1.79 bits per heavy atom. The number of nitrogens with one attached hydrogen (secondary N) is 1. The molecule has 0 aliphatic carbocycles. The molecule has 0 amide bonds. The SMILES string of the molecule is Cc1ccc2c(c1)c(=O)n(C)c1nnc(CN3CCC(NS(=O)(=O)c4ccccc4)CC3)n21. The Balaban J connectivity index is 1.34. The van der Waals surface area contributed by atoms with Gasteiger partial charge in [-0.05, 0) is 44.0 Å². The van der Waals surface area contributed by atoms with E-state index in [4.69, 9.17) is 0 Å². The fraction of sp³-hybridized carbons (Fsp3) is 0.348. The summed E-state index contributed by atoms with van der Waals surface area (Å²) in [6.07, 6.45) is 1.42. The number of piperidine rings is 1. The molecule has 0 spiro atoms. The standard InChI is InChI=1S/C23H26N6O3S/c1-16-8-9-20-19(14-16)22(30)27(2)23-25-24-21(29(20)23)15-28-12-10-17(11-13-28)26-33(31,32)18-6-4-3-5-7-18/h3-9,14,17,26H,10-13,15H2,1-2H3. The third-order valence-electron chi connectivity index (χ3n) is 6.27. The highest BCUT2D eigenvalue weighted by molar-refractivity contribution is 7.89. The first-order chi connectivity index (χ1) is 15.8. The average molecular weight is 467 g/mol. The van der Waals surface area contributed by atoms with Crippen LogP contribution >= 0.6 is 0 Å². The zero-order chi connectivity index (χ0) is 23.2. The summed E-state index contributed by atoms with van der Waals surface area (Å²) < 4.78 is 31.6. The van der Waals surface area contributed by atoms with Gasteiger partial charge in [0.05, 0.1) is 22.3 Å². The number of benzene rings is 2. The van der Waals surface area contributed by atoms with E-state index in [1.807, 2.05) is 29.5 Å². The molecule has 5 rings (SSSR count). The molecule has 2 aromatic heterocycles. The van der Waals surface area contributed by atoms with Gasteiger partial charge in [0.15, 0.2) is 5.82 Å². The third kappa shape index (κ3) is 4.05. The minimum Gasteiger partial charge on any atom is -0.296 e. The normalized spacial score (nSPS) is 16.1. The van der Waals surface area contributed by atoms with Gasteiger partial charge >= 0.3 is 0 Å². The summed E-state index contributed by atoms with van der Waals surface area (Å²) in [4.78, 5) is 15.3. The lowest BCUT2D eigenvalue weighted by atomic mass is 10.1. The van der Waals surface area contributed by atoms with Crippen LogP contribution < -0.4 is 10.3 Å². The largest absolute Gasteiger partial charge is 0.296 e. The monoisotopic (exact) mass is 466 g/mol. The Labute approximate surface area is 191 Å². The van der Waals surface area contributed by atoms with Crippen LogP contribution in [-0.4, -0.2) is 51.6 Å². The second-order valence-electron chi connectivity index (χ2n) is 8.62. The molecule has 1 aliphatic heterocycles. The van der Waals surface area contributed by atoms with Crippen molar-refractivity contribution < 1.29 is 8.42 Å². The van der Waals surface area contributed by atoms with Gasteiger partial charge in [0.2, 0.25) is 15.8 Å². The zero-order valence-electron chi connectivity index (χ0n) is 18.6. The molecule has 4 aromatic rings. The lowest BCUT2D eigenvalue weighted by Crippen LogP contribution is -2.44. The van der Waals surface area contributed by atoms with Crippen LogP contribution in [0.1, 0.15) is 24.2 Å². The van der Waals surface area contributed by atoms with Gasteiger partial charge in [-0.25, -0.2) is 13.1 Å². The minimum absolute atomic E-state index is 0.0911. The van der Waals surface area contributed by atoms with Crippen LogP contribution in [0.4, 0.5) is 0 Å². The van der Waals surface area contributed by atoms with Gasteiger partial charge in [0, 0.05) is 26.2 Å². The summed E-state index contributed by atoms with van der Waals surface area (Å²) in [7, 11) is -1.81. The number of nitrogens with zero attached hydrogens (tertiary/aromatic N) is 5. The molecule has 1 N–H and O–H groups in total. The number of likely N-dealkylation sites (tertiary alicyclic amines) is 1. The van der Waals surface area contributed by atoms with Crippen molar-refractivity contribution in [3.8, 4) is 0 Å². The van der Waals surface area contributed by atoms with Gasteiger partial charge in [0.1, 0.15) is 0 Å². The summed E-state index contributed by atoms with van der Waals surface area (Å²) in [5, 5.41) is 9.29. The summed E-state index contributed by atoms with van der Waals surface area (Å²) in [6.45, 7) is 4.01. The van der Waals surface area contributed by atoms with Crippen molar-refractivity contribution in [2.45, 2.75) is 37.2 Å². The van der Waals surface area contributed by atoms with Crippen molar-refractivity contribution in [2.24, 2.45) is 7.05 Å². The molecule has 33 heavy (non-hydrogen) atoms. The van der Waals surface area contributed by atoms with Crippen molar-refractivity contribution >= 4 is 26.7 Å². The van der Waals surface area contributed by atoms with Gasteiger partial charge in [-0.1, -0.05) is 29.8 Å². The topological polar surface area (TPSA) is 102 Å². The number of aromatic nitrogens is 4. The second-order valence-corrected chi connectivity index (χ2v) is 10.3. The van der Waals surface area contributed by atoms with E-state index in [-0.39, 0.29) is 16.5 Å². The van der Waals surface area contributed by atoms with E-state index in [2.05, 4.69) is 19.8 Å². The number of sulfonamides is 1. The van der Waals surface area contributed by atoms with Gasteiger partial charge in [-0.15, -0.1) is 10.2 Å². The summed E-state index contributed by atoms with van der Waals surface area (Å²) in [6, 6.07) is 14.2. The van der Waals surface area contributed by atoms with E-state index in [0.29, 0.717) is 30.6 Å². The summed E-state index contributed by atoms with van der Waals surface area (Å²) in [5.41, 5.74) is 1.73. The fourth-order valence-corrected chi connectivity index (χ4v) is 5.78. The van der Waals surface area contributed by atoms with Crippen LogP contribution in [0, 0.1) is 6.92 Å². The second kappa shape index (κ2) is 8.36. The number of aryl methyl sites for hydroxylation is 2. The highest BCUT2D eigenvalue weighted by Gasteiger charge is 2.26. The lowest BCUT2D eigenvalue weighted by Gasteiger charge is -2.31. The van der Waals surface area contributed by atoms with Crippen LogP contribution in [0.5, 0.6) is 0 Å². The Morgan fingerprint density at radius 1 is 1.06 bits per heavy atom. The lowest BCUT2D eigenvalue weighted by molar-refractivity contribution is 0.195. The van der Waals surface area contributed by atoms with Crippen molar-refractivity contribution in [2.75, 3.05) is 13.1 Å². The first-order valence-electron chi connectivity index (χ1n) is 11.0. The molecule has 10 heteroatoms. The van der Waals surface area contributed by atoms with E-state index in [0.717, 1.165) is 30.0 Å². The molecule has 0 radical (unpaired) electrons. The maximum atomic E-state index is 12.8. The predicted octanol–water partition coefficient (Wildman–Crippen LogP) is 1.83. The highest BCUT2D eigenvalue weighted by atomic mass is 32.2. The Kier molecular flexibility index (Phi) is 5.51. The van der Waals surface area contributed by atoms with E-state index in [1.165, 1.54) is 4.57 Å². The van der Waals surface area contributed by atoms with Crippen molar-refractivity contribution in [3.63, 3.8) is 0 Å². The summed E-state index contributed by atoms with van der Waals surface area (Å²) in [5.74, 6) is 1.27. The first kappa shape index (κ1) is 21.7. The number of rotatable bonds is 5. The Morgan fingerprint density at radius 3 is 2.52 bits per heavy atom. The van der Waals surface area contributed by atoms with Gasteiger partial charge < -0.3 is 0 Å². The number of fused-ring (bicyclic) bond motifs is 3. The number of hydrogen-bond donors (Lipinski definition) is 1. The first-order valence-corrected chi connectivity index (χ1v) is 12.4. The fourth-order valence-electron chi connectivity index (χ4n) is 4.46. The maximum Gasteiger partial charge on any atom is 0.262 e. The molecule has 1 saturated heterocycles. The maximum absolute atomic E-state index is 12.8. The van der Waals surface area contributed by atoms with Gasteiger partial charge in [-0.3, -0.25) is 18.7 Å². The molecule has 172 valence electrons. The Bertz CT molecular complexity index is 1490. The van der Waals surface area contributed by atoms with Crippen LogP contribution in [0.25, 0.3) is 16.7 Å². The molecule has 0 saturated carbocycles. The predicted molar refractivity (Wildman–Crippen MR) is 126 cm³/mol. The smallest absolute Gasteiger partial charge is 0.262 e. The molecule has 0 atom stereocenters. The van der Waals surface area contributed by atoms with Crippen molar-refractivity contribution in [1.82, 2.24) is 28.8 Å². The zero-order valence-corrected chi connectivity index (χ0v) is 19.4. The molecule has 0 bridgehead atoms. The molecule has 3 heterocycles. The molecule has 9 nitrogen and oxygen atoms in total. The van der Waals surface area contributed by atoms with E-state index < -0.39 is 10.0 Å². The van der Waals surface area contributed by atoms with Crippen molar-refractivity contribution in [3.05, 3.63) is 70.3 Å². The van der Waals surface area contributed by atoms with Crippen LogP contribution in [0.3, 0.4) is 0 Å².